The van der Waals surface area contributed by atoms with Gasteiger partial charge in [-0.1, -0.05) is 42.5 Å². The summed E-state index contributed by atoms with van der Waals surface area (Å²) in [5, 5.41) is 30.2. The summed E-state index contributed by atoms with van der Waals surface area (Å²) < 4.78 is 1.74. The number of pyridine rings is 1. The summed E-state index contributed by atoms with van der Waals surface area (Å²) in [6.07, 6.45) is 8.78. The lowest BCUT2D eigenvalue weighted by molar-refractivity contribution is 0.0577. The number of carbonyl (C=O) groups excluding carboxylic acids is 1. The molecule has 1 aliphatic carbocycles. The number of hydrogen-bond acceptors (Lipinski definition) is 6. The molecule has 0 spiro atoms. The van der Waals surface area contributed by atoms with E-state index in [0.717, 1.165) is 53.9 Å². The quantitative estimate of drug-likeness (QED) is 0.239. The second kappa shape index (κ2) is 12.9. The minimum atomic E-state index is -0.853. The number of nitrogens with zero attached hydrogens (tertiary/aromatic N) is 5. The van der Waals surface area contributed by atoms with Crippen LogP contribution in [0.4, 0.5) is 16.3 Å². The van der Waals surface area contributed by atoms with Gasteiger partial charge in [0.15, 0.2) is 0 Å². The summed E-state index contributed by atoms with van der Waals surface area (Å²) in [6.45, 7) is 4.37. The second-order valence-corrected chi connectivity index (χ2v) is 11.5. The highest BCUT2D eigenvalue weighted by atomic mass is 16.3. The molecule has 9 heteroatoms. The Balaban J connectivity index is 1.29. The number of hydrogen-bond donors (Lipinski definition) is 3. The minimum Gasteiger partial charge on any atom is -0.389 e. The third kappa shape index (κ3) is 7.53. The number of rotatable bonds is 9. The van der Waals surface area contributed by atoms with E-state index < -0.39 is 5.60 Å². The van der Waals surface area contributed by atoms with E-state index in [-0.39, 0.29) is 18.1 Å². The minimum absolute atomic E-state index is 0.0492. The smallest absolute Gasteiger partial charge is 0.322 e. The molecule has 0 unspecified atom stereocenters. The first-order valence-electron chi connectivity index (χ1n) is 14.4. The van der Waals surface area contributed by atoms with E-state index in [1.165, 1.54) is 0 Å². The molecule has 0 bridgehead atoms. The van der Waals surface area contributed by atoms with Crippen LogP contribution in [0.1, 0.15) is 50.7 Å². The summed E-state index contributed by atoms with van der Waals surface area (Å²) in [5.41, 5.74) is 3.52. The highest BCUT2D eigenvalue weighted by molar-refractivity contribution is 5.93. The molecule has 1 fully saturated rings. The molecule has 3 N–H and O–H groups in total. The zero-order valence-electron chi connectivity index (χ0n) is 24.1. The van der Waals surface area contributed by atoms with Crippen molar-refractivity contribution in [2.45, 2.75) is 70.3 Å². The van der Waals surface area contributed by atoms with Crippen molar-refractivity contribution >= 4 is 17.5 Å². The summed E-state index contributed by atoms with van der Waals surface area (Å²) in [4.78, 5) is 19.9. The van der Waals surface area contributed by atoms with Crippen molar-refractivity contribution in [2.24, 2.45) is 0 Å². The van der Waals surface area contributed by atoms with Gasteiger partial charge in [-0.05, 0) is 74.9 Å². The van der Waals surface area contributed by atoms with Crippen LogP contribution >= 0.6 is 0 Å². The first-order valence-corrected chi connectivity index (χ1v) is 14.4. The molecular formula is C33H37N7O2. The molecular weight excluding hydrogens is 526 g/mol. The molecule has 1 saturated carbocycles. The molecule has 5 rings (SSSR count). The van der Waals surface area contributed by atoms with Gasteiger partial charge in [0.1, 0.15) is 11.9 Å². The van der Waals surface area contributed by atoms with Crippen LogP contribution in [-0.4, -0.2) is 43.6 Å². The van der Waals surface area contributed by atoms with E-state index in [0.29, 0.717) is 18.7 Å². The Kier molecular flexibility index (Phi) is 8.84. The van der Waals surface area contributed by atoms with Crippen LogP contribution in [0, 0.1) is 11.3 Å². The van der Waals surface area contributed by atoms with E-state index in [1.807, 2.05) is 71.8 Å². The lowest BCUT2D eigenvalue weighted by Crippen LogP contribution is -2.48. The van der Waals surface area contributed by atoms with Crippen LogP contribution in [0.2, 0.25) is 0 Å². The average molecular weight is 564 g/mol. The first kappa shape index (κ1) is 28.8. The zero-order chi connectivity index (χ0) is 29.5. The fourth-order valence-corrected chi connectivity index (χ4v) is 5.40. The first-order chi connectivity index (χ1) is 20.3. The molecule has 216 valence electrons. The number of carbonyl (C=O) groups is 1. The van der Waals surface area contributed by atoms with Gasteiger partial charge in [0.2, 0.25) is 0 Å². The third-order valence-corrected chi connectivity index (χ3v) is 7.47. The Morgan fingerprint density at radius 1 is 1.02 bits per heavy atom. The number of anilines is 2. The van der Waals surface area contributed by atoms with Crippen LogP contribution in [-0.2, 0) is 13.1 Å². The molecule has 42 heavy (non-hydrogen) atoms. The van der Waals surface area contributed by atoms with Crippen LogP contribution in [0.25, 0.3) is 11.1 Å². The molecule has 2 aromatic carbocycles. The highest BCUT2D eigenvalue weighted by Crippen LogP contribution is 2.31. The van der Waals surface area contributed by atoms with Gasteiger partial charge >= 0.3 is 6.03 Å². The molecule has 0 saturated heterocycles. The van der Waals surface area contributed by atoms with Crippen molar-refractivity contribution in [2.75, 3.05) is 10.2 Å². The summed E-state index contributed by atoms with van der Waals surface area (Å²) in [6, 6.07) is 23.8. The number of urea groups is 1. The van der Waals surface area contributed by atoms with Crippen LogP contribution in [0.5, 0.6) is 0 Å². The van der Waals surface area contributed by atoms with Crippen LogP contribution < -0.4 is 15.5 Å². The lowest BCUT2D eigenvalue weighted by Gasteiger charge is -2.37. The number of aromatic nitrogens is 3. The van der Waals surface area contributed by atoms with Gasteiger partial charge < -0.3 is 15.7 Å². The Labute approximate surface area is 246 Å². The van der Waals surface area contributed by atoms with Gasteiger partial charge in [-0.3, -0.25) is 9.58 Å². The van der Waals surface area contributed by atoms with Gasteiger partial charge in [0.25, 0.3) is 0 Å². The van der Waals surface area contributed by atoms with Gasteiger partial charge in [0.05, 0.1) is 23.9 Å². The maximum absolute atomic E-state index is 13.7. The van der Waals surface area contributed by atoms with Crippen LogP contribution in [0.3, 0.4) is 0 Å². The fraction of sp³-hybridized carbons (Fsp3) is 0.333. The van der Waals surface area contributed by atoms with Gasteiger partial charge in [0, 0.05) is 42.3 Å². The van der Waals surface area contributed by atoms with Crippen molar-refractivity contribution in [1.82, 2.24) is 20.1 Å². The molecule has 2 aromatic heterocycles. The Morgan fingerprint density at radius 3 is 2.40 bits per heavy atom. The molecule has 4 aromatic rings. The maximum atomic E-state index is 13.7. The van der Waals surface area contributed by atoms with Crippen molar-refractivity contribution in [3.8, 4) is 17.2 Å². The Hall–Kier alpha value is -4.68. The lowest BCUT2D eigenvalue weighted by atomic mass is 9.89. The van der Waals surface area contributed by atoms with Gasteiger partial charge in [-0.15, -0.1) is 0 Å². The molecule has 0 radical (unpaired) electrons. The predicted octanol–water partition coefficient (Wildman–Crippen LogP) is 5.73. The van der Waals surface area contributed by atoms with Crippen molar-refractivity contribution in [3.63, 3.8) is 0 Å². The topological polar surface area (TPSA) is 119 Å². The summed E-state index contributed by atoms with van der Waals surface area (Å²) in [5.74, 6) is 0.761. The van der Waals surface area contributed by atoms with Crippen molar-refractivity contribution < 1.29 is 9.90 Å². The Bertz CT molecular complexity index is 1500. The van der Waals surface area contributed by atoms with Gasteiger partial charge in [-0.2, -0.15) is 10.4 Å². The molecule has 0 atom stereocenters. The number of nitriles is 1. The molecule has 1 aliphatic rings. The number of amides is 2. The highest BCUT2D eigenvalue weighted by Gasteiger charge is 2.30. The van der Waals surface area contributed by atoms with Crippen molar-refractivity contribution in [3.05, 3.63) is 96.4 Å². The third-order valence-electron chi connectivity index (χ3n) is 7.47. The predicted molar refractivity (Wildman–Crippen MR) is 164 cm³/mol. The molecule has 9 nitrogen and oxygen atoms in total. The number of nitrogens with one attached hydrogen (secondary N) is 2. The largest absolute Gasteiger partial charge is 0.389 e. The van der Waals surface area contributed by atoms with E-state index in [4.69, 9.17) is 5.26 Å². The van der Waals surface area contributed by atoms with E-state index in [1.54, 1.807) is 37.0 Å². The van der Waals surface area contributed by atoms with E-state index >= 15 is 0 Å². The normalized spacial score (nSPS) is 16.8. The van der Waals surface area contributed by atoms with Gasteiger partial charge in [-0.25, -0.2) is 9.78 Å². The SMILES string of the molecule is CC(C)(O)Cn1cc(-c2ccc(N(C(=O)NCc3ccccc3)C3CCC(Nc4ccc(C#N)cn4)CC3)cc2)cn1. The average Bonchev–Trinajstić information content (AvgIpc) is 3.45. The monoisotopic (exact) mass is 563 g/mol. The molecule has 2 heterocycles. The maximum Gasteiger partial charge on any atom is 0.322 e. The molecule has 0 aliphatic heterocycles. The fourth-order valence-electron chi connectivity index (χ4n) is 5.40. The molecule has 2 amide bonds. The number of aliphatic hydroxyl groups is 1. The number of benzene rings is 2. The summed E-state index contributed by atoms with van der Waals surface area (Å²) in [7, 11) is 0. The summed E-state index contributed by atoms with van der Waals surface area (Å²) >= 11 is 0. The Morgan fingerprint density at radius 2 is 1.76 bits per heavy atom. The van der Waals surface area contributed by atoms with E-state index in [2.05, 4.69) is 26.8 Å². The standard InChI is InChI=1S/C33H37N7O2/c1-33(2,42)23-39-22-27(21-37-39)26-9-13-29(14-10-26)40(32(41)36-19-24-6-4-3-5-7-24)30-15-11-28(12-16-30)38-31-17-8-25(18-34)20-35-31/h3-10,13-14,17,20-22,28,30,42H,11-12,15-16,19,23H2,1-2H3,(H,35,38)(H,36,41). The van der Waals surface area contributed by atoms with E-state index in [9.17, 15) is 9.90 Å². The second-order valence-electron chi connectivity index (χ2n) is 11.5. The van der Waals surface area contributed by atoms with Crippen molar-refractivity contribution in [1.29, 1.82) is 5.26 Å². The van der Waals surface area contributed by atoms with Crippen LogP contribution in [0.15, 0.2) is 85.3 Å². The zero-order valence-corrected chi connectivity index (χ0v) is 24.1.